The normalized spacial score (nSPS) is 23.2. The van der Waals surface area contributed by atoms with Gasteiger partial charge in [-0.25, -0.2) is 0 Å². The van der Waals surface area contributed by atoms with Crippen LogP contribution in [-0.2, 0) is 0 Å². The maximum atomic E-state index is 6.09. The van der Waals surface area contributed by atoms with E-state index < -0.39 is 0 Å². The highest BCUT2D eigenvalue weighted by atomic mass is 79.9. The fourth-order valence-electron chi connectivity index (χ4n) is 2.45. The summed E-state index contributed by atoms with van der Waals surface area (Å²) in [7, 11) is 2.19. The van der Waals surface area contributed by atoms with Crippen LogP contribution in [0.15, 0.2) is 22.7 Å². The second-order valence-electron chi connectivity index (χ2n) is 5.27. The van der Waals surface area contributed by atoms with Crippen molar-refractivity contribution in [1.29, 1.82) is 0 Å². The SMILES string of the molecule is CC(N)c1cc(Br)ccc1N1CCN(C)C(C)C1. The van der Waals surface area contributed by atoms with Gasteiger partial charge in [-0.15, -0.1) is 0 Å². The summed E-state index contributed by atoms with van der Waals surface area (Å²) in [5.41, 5.74) is 8.60. The Balaban J connectivity index is 2.28. The summed E-state index contributed by atoms with van der Waals surface area (Å²) in [5.74, 6) is 0. The van der Waals surface area contributed by atoms with Crippen molar-refractivity contribution < 1.29 is 0 Å². The molecule has 0 amide bonds. The Kier molecular flexibility index (Phi) is 4.30. The predicted molar refractivity (Wildman–Crippen MR) is 81.0 cm³/mol. The number of nitrogens with zero attached hydrogens (tertiary/aromatic N) is 2. The van der Waals surface area contributed by atoms with E-state index in [1.54, 1.807) is 0 Å². The first-order valence-corrected chi connectivity index (χ1v) is 7.28. The minimum Gasteiger partial charge on any atom is -0.368 e. The van der Waals surface area contributed by atoms with Crippen LogP contribution in [0.1, 0.15) is 25.5 Å². The van der Waals surface area contributed by atoms with Gasteiger partial charge in [0, 0.05) is 41.9 Å². The molecule has 18 heavy (non-hydrogen) atoms. The number of piperazine rings is 1. The summed E-state index contributed by atoms with van der Waals surface area (Å²) in [4.78, 5) is 4.86. The molecule has 1 aromatic rings. The molecule has 3 nitrogen and oxygen atoms in total. The van der Waals surface area contributed by atoms with Gasteiger partial charge in [-0.1, -0.05) is 15.9 Å². The molecule has 1 fully saturated rings. The van der Waals surface area contributed by atoms with Gasteiger partial charge in [-0.2, -0.15) is 0 Å². The molecule has 1 heterocycles. The van der Waals surface area contributed by atoms with Crippen molar-refractivity contribution in [1.82, 2.24) is 4.90 Å². The van der Waals surface area contributed by atoms with Crippen molar-refractivity contribution in [3.05, 3.63) is 28.2 Å². The van der Waals surface area contributed by atoms with Gasteiger partial charge in [0.05, 0.1) is 0 Å². The summed E-state index contributed by atoms with van der Waals surface area (Å²) in [6, 6.07) is 7.07. The Hall–Kier alpha value is -0.580. The van der Waals surface area contributed by atoms with E-state index in [0.717, 1.165) is 24.1 Å². The molecule has 1 saturated heterocycles. The highest BCUT2D eigenvalue weighted by Gasteiger charge is 2.23. The molecule has 0 saturated carbocycles. The molecule has 100 valence electrons. The molecule has 2 unspecified atom stereocenters. The van der Waals surface area contributed by atoms with Gasteiger partial charge in [0.2, 0.25) is 0 Å². The third-order valence-corrected chi connectivity index (χ3v) is 4.27. The molecule has 2 atom stereocenters. The molecule has 4 heteroatoms. The fourth-order valence-corrected chi connectivity index (χ4v) is 2.82. The first kappa shape index (κ1) is 13.8. The molecule has 1 aliphatic heterocycles. The average molecular weight is 312 g/mol. The van der Waals surface area contributed by atoms with Crippen molar-refractivity contribution in [2.24, 2.45) is 5.73 Å². The summed E-state index contributed by atoms with van der Waals surface area (Å²) >= 11 is 3.53. The molecule has 0 aliphatic carbocycles. The lowest BCUT2D eigenvalue weighted by Crippen LogP contribution is -2.50. The van der Waals surface area contributed by atoms with Gasteiger partial charge < -0.3 is 15.5 Å². The summed E-state index contributed by atoms with van der Waals surface area (Å²) in [5, 5.41) is 0. The number of hydrogen-bond donors (Lipinski definition) is 1. The number of nitrogens with two attached hydrogens (primary N) is 1. The largest absolute Gasteiger partial charge is 0.368 e. The van der Waals surface area contributed by atoms with Crippen molar-refractivity contribution >= 4 is 21.6 Å². The van der Waals surface area contributed by atoms with Gasteiger partial charge in [0.25, 0.3) is 0 Å². The Morgan fingerprint density at radius 2 is 2.11 bits per heavy atom. The molecule has 0 radical (unpaired) electrons. The molecule has 0 spiro atoms. The number of benzene rings is 1. The average Bonchev–Trinajstić information content (AvgIpc) is 2.32. The monoisotopic (exact) mass is 311 g/mol. The minimum absolute atomic E-state index is 0.0625. The van der Waals surface area contributed by atoms with Crippen LogP contribution in [0.3, 0.4) is 0 Å². The van der Waals surface area contributed by atoms with Crippen molar-refractivity contribution in [3.8, 4) is 0 Å². The molecule has 1 aliphatic rings. The second kappa shape index (κ2) is 5.59. The highest BCUT2D eigenvalue weighted by Crippen LogP contribution is 2.29. The highest BCUT2D eigenvalue weighted by molar-refractivity contribution is 9.10. The Bertz CT molecular complexity index is 420. The number of rotatable bonds is 2. The third-order valence-electron chi connectivity index (χ3n) is 3.78. The summed E-state index contributed by atoms with van der Waals surface area (Å²) in [6.45, 7) is 7.57. The quantitative estimate of drug-likeness (QED) is 0.911. The van der Waals surface area contributed by atoms with E-state index in [4.69, 9.17) is 5.73 Å². The first-order valence-electron chi connectivity index (χ1n) is 6.49. The molecule has 0 bridgehead atoms. The Morgan fingerprint density at radius 1 is 1.39 bits per heavy atom. The third kappa shape index (κ3) is 2.87. The maximum Gasteiger partial charge on any atom is 0.0416 e. The molecule has 2 rings (SSSR count). The topological polar surface area (TPSA) is 32.5 Å². The lowest BCUT2D eigenvalue weighted by molar-refractivity contribution is 0.234. The van der Waals surface area contributed by atoms with E-state index in [1.165, 1.54) is 11.3 Å². The zero-order chi connectivity index (χ0) is 13.3. The first-order chi connectivity index (χ1) is 8.49. The van der Waals surface area contributed by atoms with Crippen LogP contribution in [0.25, 0.3) is 0 Å². The van der Waals surface area contributed by atoms with E-state index in [1.807, 2.05) is 6.92 Å². The van der Waals surface area contributed by atoms with Crippen molar-refractivity contribution in [2.45, 2.75) is 25.9 Å². The van der Waals surface area contributed by atoms with Gasteiger partial charge in [0.15, 0.2) is 0 Å². The summed E-state index contributed by atoms with van der Waals surface area (Å²) in [6.07, 6.45) is 0. The van der Waals surface area contributed by atoms with Crippen LogP contribution >= 0.6 is 15.9 Å². The van der Waals surface area contributed by atoms with E-state index >= 15 is 0 Å². The van der Waals surface area contributed by atoms with E-state index in [2.05, 4.69) is 57.9 Å². The van der Waals surface area contributed by atoms with Crippen molar-refractivity contribution in [2.75, 3.05) is 31.6 Å². The van der Waals surface area contributed by atoms with E-state index in [9.17, 15) is 0 Å². The molecule has 0 aromatic heterocycles. The number of hydrogen-bond acceptors (Lipinski definition) is 3. The van der Waals surface area contributed by atoms with Crippen LogP contribution in [-0.4, -0.2) is 37.6 Å². The number of halogens is 1. The zero-order valence-corrected chi connectivity index (χ0v) is 12.9. The van der Waals surface area contributed by atoms with Crippen molar-refractivity contribution in [3.63, 3.8) is 0 Å². The van der Waals surface area contributed by atoms with Crippen LogP contribution in [0.5, 0.6) is 0 Å². The van der Waals surface area contributed by atoms with Gasteiger partial charge >= 0.3 is 0 Å². The Morgan fingerprint density at radius 3 is 2.72 bits per heavy atom. The van der Waals surface area contributed by atoms with Crippen LogP contribution in [0.2, 0.25) is 0 Å². The van der Waals surface area contributed by atoms with Gasteiger partial charge in [-0.3, -0.25) is 0 Å². The fraction of sp³-hybridized carbons (Fsp3) is 0.571. The second-order valence-corrected chi connectivity index (χ2v) is 6.18. The molecular formula is C14H22BrN3. The Labute approximate surface area is 118 Å². The molecule has 2 N–H and O–H groups in total. The van der Waals surface area contributed by atoms with Gasteiger partial charge in [-0.05, 0) is 44.7 Å². The van der Waals surface area contributed by atoms with Crippen LogP contribution in [0, 0.1) is 0 Å². The lowest BCUT2D eigenvalue weighted by atomic mass is 10.0. The standard InChI is InChI=1S/C14H22BrN3/c1-10-9-18(7-6-17(10)3)14-5-4-12(15)8-13(14)11(2)16/h4-5,8,10-11H,6-7,9,16H2,1-3H3. The summed E-state index contributed by atoms with van der Waals surface area (Å²) < 4.78 is 1.10. The van der Waals surface area contributed by atoms with E-state index in [0.29, 0.717) is 6.04 Å². The predicted octanol–water partition coefficient (Wildman–Crippen LogP) is 2.61. The van der Waals surface area contributed by atoms with Crippen LogP contribution in [0.4, 0.5) is 5.69 Å². The van der Waals surface area contributed by atoms with Gasteiger partial charge in [0.1, 0.15) is 0 Å². The van der Waals surface area contributed by atoms with Crippen LogP contribution < -0.4 is 10.6 Å². The molecular weight excluding hydrogens is 290 g/mol. The molecule has 1 aromatic carbocycles. The number of likely N-dealkylation sites (N-methyl/N-ethyl adjacent to an activating group) is 1. The maximum absolute atomic E-state index is 6.09. The smallest absolute Gasteiger partial charge is 0.0416 e. The number of anilines is 1. The zero-order valence-electron chi connectivity index (χ0n) is 11.4. The van der Waals surface area contributed by atoms with E-state index in [-0.39, 0.29) is 6.04 Å². The lowest BCUT2D eigenvalue weighted by Gasteiger charge is -2.40. The minimum atomic E-state index is 0.0625.